The molecule has 0 aliphatic rings. The van der Waals surface area contributed by atoms with Gasteiger partial charge in [-0.3, -0.25) is 4.79 Å². The first kappa shape index (κ1) is 14.6. The van der Waals surface area contributed by atoms with Crippen LogP contribution in [0.2, 0.25) is 0 Å². The van der Waals surface area contributed by atoms with Crippen LogP contribution in [0.25, 0.3) is 0 Å². The maximum atomic E-state index is 12.4. The van der Waals surface area contributed by atoms with Crippen molar-refractivity contribution in [2.24, 2.45) is 0 Å². The van der Waals surface area contributed by atoms with E-state index in [0.29, 0.717) is 0 Å². The number of aliphatic hydroxyl groups is 1. The van der Waals surface area contributed by atoms with Crippen LogP contribution in [0, 0.1) is 11.3 Å². The zero-order valence-electron chi connectivity index (χ0n) is 9.75. The highest BCUT2D eigenvalue weighted by Gasteiger charge is 2.30. The standard InChI is InChI=1S/C12H9F3N2O2/c1-7(18)10(6-16)11(19)17-9-4-2-3-8(5-9)12(13,14)15/h2-5,18H,1H3,(H,17,19). The Labute approximate surface area is 106 Å². The zero-order valence-corrected chi connectivity index (χ0v) is 9.75. The van der Waals surface area contributed by atoms with Crippen LogP contribution in [0.1, 0.15) is 12.5 Å². The summed E-state index contributed by atoms with van der Waals surface area (Å²) in [4.78, 5) is 11.5. The lowest BCUT2D eigenvalue weighted by atomic mass is 10.2. The number of alkyl halides is 3. The molecular weight excluding hydrogens is 261 g/mol. The number of halogens is 3. The number of hydrogen-bond acceptors (Lipinski definition) is 3. The number of rotatable bonds is 2. The van der Waals surface area contributed by atoms with Crippen LogP contribution in [0.15, 0.2) is 35.6 Å². The van der Waals surface area contributed by atoms with Gasteiger partial charge < -0.3 is 10.4 Å². The van der Waals surface area contributed by atoms with Crippen molar-refractivity contribution in [1.82, 2.24) is 0 Å². The summed E-state index contributed by atoms with van der Waals surface area (Å²) < 4.78 is 37.3. The van der Waals surface area contributed by atoms with Crippen molar-refractivity contribution in [2.45, 2.75) is 13.1 Å². The van der Waals surface area contributed by atoms with Crippen LogP contribution in [0.3, 0.4) is 0 Å². The maximum Gasteiger partial charge on any atom is 0.416 e. The summed E-state index contributed by atoms with van der Waals surface area (Å²) in [6.07, 6.45) is -4.53. The smallest absolute Gasteiger partial charge is 0.416 e. The molecule has 0 bridgehead atoms. The van der Waals surface area contributed by atoms with Gasteiger partial charge in [0.15, 0.2) is 5.57 Å². The minimum atomic E-state index is -4.53. The molecule has 0 aliphatic heterocycles. The van der Waals surface area contributed by atoms with Gasteiger partial charge in [0.05, 0.1) is 5.56 Å². The summed E-state index contributed by atoms with van der Waals surface area (Å²) in [5.74, 6) is -1.48. The summed E-state index contributed by atoms with van der Waals surface area (Å²) in [6, 6.07) is 5.42. The number of carbonyl (C=O) groups excluding carboxylic acids is 1. The molecular formula is C12H9F3N2O2. The summed E-state index contributed by atoms with van der Waals surface area (Å²) in [5.41, 5.74) is -1.60. The Morgan fingerprint density at radius 1 is 1.42 bits per heavy atom. The van der Waals surface area contributed by atoms with Crippen molar-refractivity contribution in [2.75, 3.05) is 5.32 Å². The van der Waals surface area contributed by atoms with E-state index in [-0.39, 0.29) is 5.69 Å². The Balaban J connectivity index is 3.00. The van der Waals surface area contributed by atoms with Gasteiger partial charge in [0.1, 0.15) is 11.8 Å². The largest absolute Gasteiger partial charge is 0.511 e. The fourth-order valence-electron chi connectivity index (χ4n) is 1.26. The van der Waals surface area contributed by atoms with Gasteiger partial charge in [-0.1, -0.05) is 6.07 Å². The summed E-state index contributed by atoms with van der Waals surface area (Å²) >= 11 is 0. The third-order valence-electron chi connectivity index (χ3n) is 2.15. The van der Waals surface area contributed by atoms with E-state index in [2.05, 4.69) is 5.32 Å². The number of anilines is 1. The molecule has 0 fully saturated rings. The molecule has 1 amide bonds. The Kier molecular flexibility index (Phi) is 4.17. The van der Waals surface area contributed by atoms with Crippen molar-refractivity contribution in [3.8, 4) is 6.07 Å². The topological polar surface area (TPSA) is 73.1 Å². The molecule has 0 unspecified atom stereocenters. The lowest BCUT2D eigenvalue weighted by Gasteiger charge is -2.09. The minimum absolute atomic E-state index is 0.117. The molecule has 4 nitrogen and oxygen atoms in total. The first-order valence-corrected chi connectivity index (χ1v) is 5.04. The average Bonchev–Trinajstić information content (AvgIpc) is 2.28. The van der Waals surface area contributed by atoms with Crippen LogP contribution in [-0.2, 0) is 11.0 Å². The number of nitrogens with zero attached hydrogens (tertiary/aromatic N) is 1. The molecule has 100 valence electrons. The molecule has 1 rings (SSSR count). The molecule has 0 aromatic heterocycles. The highest BCUT2D eigenvalue weighted by atomic mass is 19.4. The van der Waals surface area contributed by atoms with Gasteiger partial charge in [-0.25, -0.2) is 0 Å². The van der Waals surface area contributed by atoms with Crippen molar-refractivity contribution in [1.29, 1.82) is 5.26 Å². The molecule has 0 saturated heterocycles. The molecule has 1 aromatic rings. The van der Waals surface area contributed by atoms with E-state index in [4.69, 9.17) is 10.4 Å². The summed E-state index contributed by atoms with van der Waals surface area (Å²) in [5, 5.41) is 19.8. The van der Waals surface area contributed by atoms with Crippen LogP contribution >= 0.6 is 0 Å². The summed E-state index contributed by atoms with van der Waals surface area (Å²) in [7, 11) is 0. The Bertz CT molecular complexity index is 567. The van der Waals surface area contributed by atoms with Crippen LogP contribution < -0.4 is 5.32 Å². The van der Waals surface area contributed by atoms with E-state index in [1.54, 1.807) is 0 Å². The first-order chi connectivity index (χ1) is 8.75. The first-order valence-electron chi connectivity index (χ1n) is 5.04. The number of hydrogen-bond donors (Lipinski definition) is 2. The van der Waals surface area contributed by atoms with Crippen molar-refractivity contribution in [3.63, 3.8) is 0 Å². The number of aliphatic hydroxyl groups excluding tert-OH is 1. The Hall–Kier alpha value is -2.49. The number of nitrogens with one attached hydrogen (secondary N) is 1. The van der Waals surface area contributed by atoms with Gasteiger partial charge >= 0.3 is 6.18 Å². The third-order valence-corrected chi connectivity index (χ3v) is 2.15. The monoisotopic (exact) mass is 270 g/mol. The molecule has 0 atom stereocenters. The van der Waals surface area contributed by atoms with E-state index < -0.39 is 29.0 Å². The molecule has 0 spiro atoms. The van der Waals surface area contributed by atoms with Gasteiger partial charge in [0, 0.05) is 5.69 Å². The molecule has 2 N–H and O–H groups in total. The molecule has 7 heteroatoms. The van der Waals surface area contributed by atoms with Crippen molar-refractivity contribution < 1.29 is 23.1 Å². The van der Waals surface area contributed by atoms with E-state index in [0.717, 1.165) is 25.1 Å². The van der Waals surface area contributed by atoms with Crippen LogP contribution in [-0.4, -0.2) is 11.0 Å². The lowest BCUT2D eigenvalue weighted by molar-refractivity contribution is -0.137. The van der Waals surface area contributed by atoms with Gasteiger partial charge in [0.2, 0.25) is 0 Å². The maximum absolute atomic E-state index is 12.4. The predicted octanol–water partition coefficient (Wildman–Crippen LogP) is 3.00. The minimum Gasteiger partial charge on any atom is -0.511 e. The Morgan fingerprint density at radius 2 is 2.05 bits per heavy atom. The van der Waals surface area contributed by atoms with Crippen molar-refractivity contribution in [3.05, 3.63) is 41.2 Å². The van der Waals surface area contributed by atoms with Crippen LogP contribution in [0.4, 0.5) is 18.9 Å². The van der Waals surface area contributed by atoms with E-state index in [1.807, 2.05) is 0 Å². The molecule has 0 radical (unpaired) electrons. The quantitative estimate of drug-likeness (QED) is 0.493. The second kappa shape index (κ2) is 5.44. The molecule has 0 saturated carbocycles. The van der Waals surface area contributed by atoms with E-state index in [1.165, 1.54) is 12.1 Å². The average molecular weight is 270 g/mol. The fourth-order valence-corrected chi connectivity index (χ4v) is 1.26. The van der Waals surface area contributed by atoms with Gasteiger partial charge in [0.25, 0.3) is 5.91 Å². The zero-order chi connectivity index (χ0) is 14.6. The highest BCUT2D eigenvalue weighted by molar-refractivity contribution is 6.06. The SMILES string of the molecule is CC(O)=C(C#N)C(=O)Nc1cccc(C(F)(F)F)c1. The molecule has 1 aromatic carbocycles. The predicted molar refractivity (Wildman–Crippen MR) is 61.0 cm³/mol. The third kappa shape index (κ3) is 3.74. The number of allylic oxidation sites excluding steroid dienone is 1. The second-order valence-electron chi connectivity index (χ2n) is 3.60. The van der Waals surface area contributed by atoms with E-state index in [9.17, 15) is 18.0 Å². The van der Waals surface area contributed by atoms with Gasteiger partial charge in [-0.15, -0.1) is 0 Å². The molecule has 0 heterocycles. The molecule has 0 aliphatic carbocycles. The number of amides is 1. The number of carbonyl (C=O) groups is 1. The number of benzene rings is 1. The lowest BCUT2D eigenvalue weighted by Crippen LogP contribution is -2.15. The van der Waals surface area contributed by atoms with Gasteiger partial charge in [-0.2, -0.15) is 18.4 Å². The second-order valence-corrected chi connectivity index (χ2v) is 3.60. The fraction of sp³-hybridized carbons (Fsp3) is 0.167. The Morgan fingerprint density at radius 3 is 2.53 bits per heavy atom. The highest BCUT2D eigenvalue weighted by Crippen LogP contribution is 2.30. The normalized spacial score (nSPS) is 12.4. The summed E-state index contributed by atoms with van der Waals surface area (Å²) in [6.45, 7) is 1.13. The van der Waals surface area contributed by atoms with Crippen molar-refractivity contribution >= 4 is 11.6 Å². The van der Waals surface area contributed by atoms with Gasteiger partial charge in [-0.05, 0) is 25.1 Å². The van der Waals surface area contributed by atoms with Crippen LogP contribution in [0.5, 0.6) is 0 Å². The molecule has 19 heavy (non-hydrogen) atoms. The number of nitriles is 1. The van der Waals surface area contributed by atoms with E-state index >= 15 is 0 Å².